The molecule has 1 aliphatic rings. The van der Waals surface area contributed by atoms with E-state index in [0.29, 0.717) is 13.0 Å². The summed E-state index contributed by atoms with van der Waals surface area (Å²) in [5.74, 6) is -0.710. The van der Waals surface area contributed by atoms with Crippen molar-refractivity contribution in [1.29, 1.82) is 0 Å². The summed E-state index contributed by atoms with van der Waals surface area (Å²) in [7, 11) is -2.61. The van der Waals surface area contributed by atoms with Crippen LogP contribution in [0, 0.1) is 0 Å². The van der Waals surface area contributed by atoms with Crippen LogP contribution in [0.2, 0.25) is 5.02 Å². The van der Waals surface area contributed by atoms with Crippen LogP contribution >= 0.6 is 11.6 Å². The summed E-state index contributed by atoms with van der Waals surface area (Å²) >= 11 is 5.85. The Bertz CT molecular complexity index is 1000. The molecule has 1 aliphatic heterocycles. The van der Waals surface area contributed by atoms with Crippen molar-refractivity contribution in [3.63, 3.8) is 0 Å². The molecule has 0 spiro atoms. The number of benzene rings is 1. The smallest absolute Gasteiger partial charge is 0.330 e. The molecule has 12 heteroatoms. The van der Waals surface area contributed by atoms with Gasteiger partial charge < -0.3 is 24.4 Å². The number of methoxy groups -OCH3 is 1. The minimum atomic E-state index is -3.99. The molecular weight excluding hydrogens is 526 g/mol. The van der Waals surface area contributed by atoms with Crippen LogP contribution in [0.3, 0.4) is 0 Å². The highest BCUT2D eigenvalue weighted by molar-refractivity contribution is 7.89. The van der Waals surface area contributed by atoms with Gasteiger partial charge in [-0.05, 0) is 37.5 Å². The lowest BCUT2D eigenvalue weighted by atomic mass is 9.96. The molecule has 0 saturated carbocycles. The van der Waals surface area contributed by atoms with Gasteiger partial charge in [-0.3, -0.25) is 4.79 Å². The van der Waals surface area contributed by atoms with Gasteiger partial charge in [-0.1, -0.05) is 49.4 Å². The first kappa shape index (κ1) is 31.2. The summed E-state index contributed by atoms with van der Waals surface area (Å²) in [4.78, 5) is 22.8. The molecule has 1 saturated heterocycles. The molecule has 4 atom stereocenters. The third kappa shape index (κ3) is 11.1. The maximum atomic E-state index is 12.6. The predicted octanol–water partition coefficient (Wildman–Crippen LogP) is 2.50. The summed E-state index contributed by atoms with van der Waals surface area (Å²) in [6.07, 6.45) is 5.11. The highest BCUT2D eigenvalue weighted by Crippen LogP contribution is 2.21. The van der Waals surface area contributed by atoms with Crippen molar-refractivity contribution in [3.05, 3.63) is 41.4 Å². The van der Waals surface area contributed by atoms with Crippen LogP contribution < -0.4 is 4.72 Å². The molecular formula is C25H36ClNO9S. The first-order valence-corrected chi connectivity index (χ1v) is 14.2. The number of aliphatic hydroxyl groups excluding tert-OH is 2. The molecule has 0 unspecified atom stereocenters. The second kappa shape index (κ2) is 16.1. The van der Waals surface area contributed by atoms with E-state index in [1.165, 1.54) is 43.5 Å². The van der Waals surface area contributed by atoms with Crippen LogP contribution in [0.1, 0.15) is 51.4 Å². The molecule has 37 heavy (non-hydrogen) atoms. The maximum Gasteiger partial charge on any atom is 0.330 e. The van der Waals surface area contributed by atoms with Gasteiger partial charge in [0.15, 0.2) is 0 Å². The Kier molecular flexibility index (Phi) is 13.5. The molecule has 1 heterocycles. The number of sulfonamides is 1. The molecule has 10 nitrogen and oxygen atoms in total. The highest BCUT2D eigenvalue weighted by Gasteiger charge is 2.39. The largest absolute Gasteiger partial charge is 0.469 e. The number of carbonyl (C=O) groups excluding carboxylic acids is 2. The van der Waals surface area contributed by atoms with Crippen LogP contribution in [-0.2, 0) is 33.8 Å². The topological polar surface area (TPSA) is 148 Å². The van der Waals surface area contributed by atoms with E-state index in [9.17, 15) is 28.2 Å². The maximum absolute atomic E-state index is 12.6. The second-order valence-electron chi connectivity index (χ2n) is 8.79. The van der Waals surface area contributed by atoms with Crippen LogP contribution in [0.4, 0.5) is 0 Å². The van der Waals surface area contributed by atoms with E-state index >= 15 is 0 Å². The first-order chi connectivity index (χ1) is 17.6. The zero-order valence-corrected chi connectivity index (χ0v) is 22.5. The molecule has 0 bridgehead atoms. The molecule has 0 aromatic heterocycles. The molecule has 0 amide bonds. The molecule has 1 fully saturated rings. The summed E-state index contributed by atoms with van der Waals surface area (Å²) in [5, 5.41) is 21.1. The summed E-state index contributed by atoms with van der Waals surface area (Å²) in [6.45, 7) is 0.130. The van der Waals surface area contributed by atoms with Gasteiger partial charge in [-0.15, -0.1) is 0 Å². The van der Waals surface area contributed by atoms with Gasteiger partial charge in [0.05, 0.1) is 37.4 Å². The van der Waals surface area contributed by atoms with E-state index in [1.54, 1.807) is 0 Å². The number of nitrogens with one attached hydrogen (secondary N) is 1. The summed E-state index contributed by atoms with van der Waals surface area (Å²) in [6, 6.07) is 4.61. The number of hydrogen-bond donors (Lipinski definition) is 3. The average Bonchev–Trinajstić information content (AvgIpc) is 2.87. The fraction of sp³-hybridized carbons (Fsp3) is 0.600. The number of aliphatic hydroxyl groups is 2. The number of unbranched alkanes of at least 4 members (excludes halogenated alkanes) is 5. The van der Waals surface area contributed by atoms with Crippen molar-refractivity contribution in [2.75, 3.05) is 20.3 Å². The van der Waals surface area contributed by atoms with Gasteiger partial charge in [-0.25, -0.2) is 17.9 Å². The van der Waals surface area contributed by atoms with Gasteiger partial charge >= 0.3 is 11.9 Å². The minimum absolute atomic E-state index is 0.0686. The van der Waals surface area contributed by atoms with Gasteiger partial charge in [0.2, 0.25) is 10.0 Å². The van der Waals surface area contributed by atoms with E-state index < -0.39 is 40.3 Å². The van der Waals surface area contributed by atoms with Crippen molar-refractivity contribution >= 4 is 33.6 Å². The third-order valence-electron chi connectivity index (χ3n) is 5.92. The number of esters is 2. The first-order valence-electron chi connectivity index (χ1n) is 12.3. The van der Waals surface area contributed by atoms with Crippen LogP contribution in [0.15, 0.2) is 41.3 Å². The highest BCUT2D eigenvalue weighted by atomic mass is 35.5. The lowest BCUT2D eigenvalue weighted by Crippen LogP contribution is -2.59. The summed E-state index contributed by atoms with van der Waals surface area (Å²) < 4.78 is 42.7. The molecule has 1 aromatic rings. The van der Waals surface area contributed by atoms with E-state index in [2.05, 4.69) is 9.46 Å². The van der Waals surface area contributed by atoms with Gasteiger partial charge in [0, 0.05) is 17.5 Å². The number of ether oxygens (including phenoxy) is 3. The van der Waals surface area contributed by atoms with Crippen molar-refractivity contribution in [1.82, 2.24) is 4.72 Å². The molecule has 208 valence electrons. The van der Waals surface area contributed by atoms with Crippen molar-refractivity contribution in [2.24, 2.45) is 0 Å². The van der Waals surface area contributed by atoms with Crippen molar-refractivity contribution in [3.8, 4) is 0 Å². The Morgan fingerprint density at radius 2 is 1.84 bits per heavy atom. The number of hydrogen-bond acceptors (Lipinski definition) is 9. The second-order valence-corrected chi connectivity index (χ2v) is 10.9. The number of carbonyl (C=O) groups is 2. The van der Waals surface area contributed by atoms with Gasteiger partial charge in [0.1, 0.15) is 12.2 Å². The standard InChI is InChI=1S/C25H36ClNO9S/c1-34-22(28)13-6-4-2-3-5-7-15-35-23(29)14-9-12-21-25(31)24(30)20(17-36-21)27-37(32,33)19-11-8-10-18(26)16-19/h8-11,14,16,20-21,24-25,27,30-31H,2-7,12-13,15,17H2,1H3/b14-9+/t20-,21-,24+,25-/m0/s1. The fourth-order valence-corrected chi connectivity index (χ4v) is 5.33. The predicted molar refractivity (Wildman–Crippen MR) is 136 cm³/mol. The third-order valence-corrected chi connectivity index (χ3v) is 7.64. The molecule has 2 rings (SSSR count). The Morgan fingerprint density at radius 3 is 2.54 bits per heavy atom. The Hall–Kier alpha value is -2.02. The monoisotopic (exact) mass is 561 g/mol. The molecule has 0 radical (unpaired) electrons. The Morgan fingerprint density at radius 1 is 1.14 bits per heavy atom. The normalized spacial score (nSPS) is 22.2. The van der Waals surface area contributed by atoms with E-state index in [1.807, 2.05) is 0 Å². The van der Waals surface area contributed by atoms with E-state index in [4.69, 9.17) is 21.1 Å². The summed E-state index contributed by atoms with van der Waals surface area (Å²) in [5.41, 5.74) is 0. The molecule has 0 aliphatic carbocycles. The Balaban J connectivity index is 1.64. The van der Waals surface area contributed by atoms with Crippen molar-refractivity contribution in [2.45, 2.75) is 80.6 Å². The Labute approximate surface area is 223 Å². The average molecular weight is 562 g/mol. The minimum Gasteiger partial charge on any atom is -0.469 e. The van der Waals surface area contributed by atoms with E-state index in [0.717, 1.165) is 38.5 Å². The zero-order chi connectivity index (χ0) is 27.3. The van der Waals surface area contributed by atoms with Gasteiger partial charge in [-0.2, -0.15) is 0 Å². The van der Waals surface area contributed by atoms with Crippen LogP contribution in [0.25, 0.3) is 0 Å². The molecule has 3 N–H and O–H groups in total. The number of rotatable bonds is 15. The fourth-order valence-electron chi connectivity index (χ4n) is 3.79. The quantitative estimate of drug-likeness (QED) is 0.167. The van der Waals surface area contributed by atoms with Gasteiger partial charge in [0.25, 0.3) is 0 Å². The number of halogens is 1. The lowest BCUT2D eigenvalue weighted by molar-refractivity contribution is -0.145. The molecule has 1 aromatic carbocycles. The van der Waals surface area contributed by atoms with E-state index in [-0.39, 0.29) is 28.9 Å². The SMILES string of the molecule is COC(=O)CCCCCCCCOC(=O)/C=C/C[C@@H]1OC[C@H](NS(=O)(=O)c2cccc(Cl)c2)[C@@H](O)[C@H]1O. The van der Waals surface area contributed by atoms with Crippen molar-refractivity contribution < 1.29 is 42.4 Å². The van der Waals surface area contributed by atoms with Crippen LogP contribution in [0.5, 0.6) is 0 Å². The zero-order valence-electron chi connectivity index (χ0n) is 20.9. The lowest BCUT2D eigenvalue weighted by Gasteiger charge is -2.37. The van der Waals surface area contributed by atoms with Crippen LogP contribution in [-0.4, -0.2) is 75.2 Å².